The summed E-state index contributed by atoms with van der Waals surface area (Å²) < 4.78 is 0. The quantitative estimate of drug-likeness (QED) is 0.815. The van der Waals surface area contributed by atoms with Crippen LogP contribution in [0.25, 0.3) is 0 Å². The number of hydrogen-bond donors (Lipinski definition) is 3. The number of aliphatic hydroxyl groups is 1. The second-order valence-electron chi connectivity index (χ2n) is 5.70. The zero-order chi connectivity index (χ0) is 15.5. The van der Waals surface area contributed by atoms with E-state index in [9.17, 15) is 9.90 Å². The highest BCUT2D eigenvalue weighted by Gasteiger charge is 2.32. The van der Waals surface area contributed by atoms with Crippen LogP contribution in [0.5, 0.6) is 0 Å². The van der Waals surface area contributed by atoms with Crippen LogP contribution in [0.1, 0.15) is 35.7 Å². The highest BCUT2D eigenvalue weighted by atomic mass is 16.3. The summed E-state index contributed by atoms with van der Waals surface area (Å²) in [5.74, 6) is 0. The van der Waals surface area contributed by atoms with E-state index in [2.05, 4.69) is 10.6 Å². The summed E-state index contributed by atoms with van der Waals surface area (Å²) in [5.41, 5.74) is 3.14. The Labute approximate surface area is 130 Å². The molecule has 1 unspecified atom stereocenters. The monoisotopic (exact) mass is 296 g/mol. The molecule has 3 atom stereocenters. The summed E-state index contributed by atoms with van der Waals surface area (Å²) in [7, 11) is 0. The lowest BCUT2D eigenvalue weighted by molar-refractivity contribution is 0.142. The number of carbonyl (C=O) groups is 1. The lowest BCUT2D eigenvalue weighted by atomic mass is 10.1. The van der Waals surface area contributed by atoms with Crippen LogP contribution in [-0.4, -0.2) is 17.2 Å². The normalized spacial score (nSPS) is 21.0. The summed E-state index contributed by atoms with van der Waals surface area (Å²) in [4.78, 5) is 12.2. The van der Waals surface area contributed by atoms with Crippen molar-refractivity contribution in [3.8, 4) is 0 Å². The molecule has 0 spiro atoms. The molecule has 3 rings (SSSR count). The third-order valence-electron chi connectivity index (χ3n) is 4.14. The van der Waals surface area contributed by atoms with Crippen molar-refractivity contribution in [3.05, 3.63) is 71.3 Å². The molecule has 2 aromatic rings. The number of aliphatic hydroxyl groups excluding tert-OH is 1. The molecule has 0 saturated heterocycles. The Morgan fingerprint density at radius 2 is 1.82 bits per heavy atom. The van der Waals surface area contributed by atoms with Gasteiger partial charge in [0.2, 0.25) is 0 Å². The van der Waals surface area contributed by atoms with Gasteiger partial charge >= 0.3 is 6.03 Å². The minimum absolute atomic E-state index is 0.0880. The fourth-order valence-electron chi connectivity index (χ4n) is 2.95. The molecule has 2 aromatic carbocycles. The van der Waals surface area contributed by atoms with Crippen LogP contribution in [0.2, 0.25) is 0 Å². The highest BCUT2D eigenvalue weighted by Crippen LogP contribution is 2.31. The zero-order valence-electron chi connectivity index (χ0n) is 12.5. The van der Waals surface area contributed by atoms with Gasteiger partial charge in [-0.2, -0.15) is 0 Å². The van der Waals surface area contributed by atoms with Gasteiger partial charge in [-0.05, 0) is 23.6 Å². The molecule has 22 heavy (non-hydrogen) atoms. The Kier molecular flexibility index (Phi) is 4.11. The Bertz CT molecular complexity index is 657. The molecule has 1 aliphatic rings. The van der Waals surface area contributed by atoms with Gasteiger partial charge in [-0.25, -0.2) is 4.79 Å². The van der Waals surface area contributed by atoms with Crippen molar-refractivity contribution in [2.45, 2.75) is 31.5 Å². The predicted molar refractivity (Wildman–Crippen MR) is 85.4 cm³/mol. The summed E-state index contributed by atoms with van der Waals surface area (Å²) in [5, 5.41) is 16.0. The molecule has 2 amide bonds. The number of hydrogen-bond acceptors (Lipinski definition) is 2. The number of rotatable bonds is 3. The van der Waals surface area contributed by atoms with Crippen molar-refractivity contribution >= 4 is 6.03 Å². The average molecular weight is 296 g/mol. The molecule has 0 aliphatic heterocycles. The number of fused-ring (bicyclic) bond motifs is 1. The molecule has 4 heteroatoms. The van der Waals surface area contributed by atoms with Gasteiger partial charge in [0, 0.05) is 6.42 Å². The standard InChI is InChI=1S/C18H20N2O2/c1-12(13-7-3-2-4-8-13)19-18(22)20-17-15-10-6-5-9-14(15)11-16(17)21/h2-10,12,16-17,21H,11H2,1H3,(H2,19,20,22)/t12?,16-,17+/m1/s1. The summed E-state index contributed by atoms with van der Waals surface area (Å²) in [6, 6.07) is 16.9. The van der Waals surface area contributed by atoms with Gasteiger partial charge in [0.05, 0.1) is 18.2 Å². The van der Waals surface area contributed by atoms with Crippen LogP contribution in [-0.2, 0) is 6.42 Å². The molecule has 1 aliphatic carbocycles. The smallest absolute Gasteiger partial charge is 0.315 e. The maximum atomic E-state index is 12.2. The van der Waals surface area contributed by atoms with Crippen molar-refractivity contribution in [1.29, 1.82) is 0 Å². The Morgan fingerprint density at radius 1 is 1.14 bits per heavy atom. The van der Waals surface area contributed by atoms with E-state index in [0.717, 1.165) is 16.7 Å². The molecule has 0 aromatic heterocycles. The van der Waals surface area contributed by atoms with Gasteiger partial charge < -0.3 is 15.7 Å². The van der Waals surface area contributed by atoms with E-state index in [1.807, 2.05) is 61.5 Å². The van der Waals surface area contributed by atoms with Crippen LogP contribution in [0.4, 0.5) is 4.79 Å². The van der Waals surface area contributed by atoms with Crippen LogP contribution < -0.4 is 10.6 Å². The minimum atomic E-state index is -0.574. The van der Waals surface area contributed by atoms with Crippen LogP contribution in [0.15, 0.2) is 54.6 Å². The van der Waals surface area contributed by atoms with Crippen molar-refractivity contribution in [2.75, 3.05) is 0 Å². The number of benzene rings is 2. The van der Waals surface area contributed by atoms with E-state index in [4.69, 9.17) is 0 Å². The first-order chi connectivity index (χ1) is 10.6. The maximum Gasteiger partial charge on any atom is 0.315 e. The zero-order valence-corrected chi connectivity index (χ0v) is 12.5. The third-order valence-corrected chi connectivity index (χ3v) is 4.14. The molecule has 0 fully saturated rings. The van der Waals surface area contributed by atoms with E-state index in [1.165, 1.54) is 0 Å². The largest absolute Gasteiger partial charge is 0.390 e. The lowest BCUT2D eigenvalue weighted by Crippen LogP contribution is -2.41. The maximum absolute atomic E-state index is 12.2. The first-order valence-corrected chi connectivity index (χ1v) is 7.53. The molecular weight excluding hydrogens is 276 g/mol. The minimum Gasteiger partial charge on any atom is -0.390 e. The van der Waals surface area contributed by atoms with E-state index in [0.29, 0.717) is 6.42 Å². The number of carbonyl (C=O) groups excluding carboxylic acids is 1. The van der Waals surface area contributed by atoms with Crippen LogP contribution >= 0.6 is 0 Å². The Hall–Kier alpha value is -2.33. The predicted octanol–water partition coefficient (Wildman–Crippen LogP) is 2.71. The molecule has 0 bridgehead atoms. The topological polar surface area (TPSA) is 61.4 Å². The molecule has 3 N–H and O–H groups in total. The molecular formula is C18H20N2O2. The van der Waals surface area contributed by atoms with E-state index >= 15 is 0 Å². The van der Waals surface area contributed by atoms with Crippen molar-refractivity contribution < 1.29 is 9.90 Å². The molecule has 4 nitrogen and oxygen atoms in total. The SMILES string of the molecule is CC(NC(=O)N[C@H]1c2ccccc2C[C@H]1O)c1ccccc1. The average Bonchev–Trinajstić information content (AvgIpc) is 2.84. The summed E-state index contributed by atoms with van der Waals surface area (Å²) in [6.07, 6.45) is 0.00482. The van der Waals surface area contributed by atoms with Gasteiger partial charge in [-0.15, -0.1) is 0 Å². The fraction of sp³-hybridized carbons (Fsp3) is 0.278. The molecule has 0 saturated carbocycles. The first kappa shape index (κ1) is 14.6. The molecule has 114 valence electrons. The summed E-state index contributed by atoms with van der Waals surface area (Å²) >= 11 is 0. The van der Waals surface area contributed by atoms with Gasteiger partial charge in [-0.3, -0.25) is 0 Å². The molecule has 0 heterocycles. The van der Waals surface area contributed by atoms with Crippen molar-refractivity contribution in [2.24, 2.45) is 0 Å². The van der Waals surface area contributed by atoms with Crippen molar-refractivity contribution in [1.82, 2.24) is 10.6 Å². The Balaban J connectivity index is 1.65. The van der Waals surface area contributed by atoms with E-state index < -0.39 is 6.10 Å². The van der Waals surface area contributed by atoms with E-state index in [-0.39, 0.29) is 18.1 Å². The Morgan fingerprint density at radius 3 is 2.59 bits per heavy atom. The lowest BCUT2D eigenvalue weighted by Gasteiger charge is -2.21. The van der Waals surface area contributed by atoms with Gasteiger partial charge in [0.1, 0.15) is 0 Å². The van der Waals surface area contributed by atoms with Crippen LogP contribution in [0.3, 0.4) is 0 Å². The summed E-state index contributed by atoms with van der Waals surface area (Å²) in [6.45, 7) is 1.94. The second kappa shape index (κ2) is 6.20. The number of amides is 2. The van der Waals surface area contributed by atoms with Crippen molar-refractivity contribution in [3.63, 3.8) is 0 Å². The number of nitrogens with one attached hydrogen (secondary N) is 2. The van der Waals surface area contributed by atoms with Gasteiger partial charge in [0.25, 0.3) is 0 Å². The highest BCUT2D eigenvalue weighted by molar-refractivity contribution is 5.75. The van der Waals surface area contributed by atoms with Gasteiger partial charge in [-0.1, -0.05) is 54.6 Å². The molecule has 0 radical (unpaired) electrons. The second-order valence-corrected chi connectivity index (χ2v) is 5.70. The number of urea groups is 1. The third kappa shape index (κ3) is 2.97. The van der Waals surface area contributed by atoms with Gasteiger partial charge in [0.15, 0.2) is 0 Å². The fourth-order valence-corrected chi connectivity index (χ4v) is 2.95. The van der Waals surface area contributed by atoms with Crippen LogP contribution in [0, 0.1) is 0 Å². The van der Waals surface area contributed by atoms with E-state index in [1.54, 1.807) is 0 Å². The first-order valence-electron chi connectivity index (χ1n) is 7.53.